The van der Waals surface area contributed by atoms with Crippen LogP contribution in [0.1, 0.15) is 44.0 Å². The summed E-state index contributed by atoms with van der Waals surface area (Å²) in [7, 11) is 0. The van der Waals surface area contributed by atoms with Crippen molar-refractivity contribution in [2.45, 2.75) is 39.7 Å². The molecule has 1 saturated carbocycles. The molecule has 0 aliphatic heterocycles. The third-order valence-electron chi connectivity index (χ3n) is 4.40. The van der Waals surface area contributed by atoms with Crippen molar-refractivity contribution in [1.82, 2.24) is 0 Å². The molecule has 1 aromatic carbocycles. The molecule has 1 aromatic rings. The van der Waals surface area contributed by atoms with Gasteiger partial charge in [0, 0.05) is 11.7 Å². The molecule has 116 valence electrons. The number of rotatable bonds is 4. The predicted molar refractivity (Wildman–Crippen MR) is 86.8 cm³/mol. The number of halogens is 1. The minimum atomic E-state index is -0.395. The van der Waals surface area contributed by atoms with E-state index < -0.39 is 5.97 Å². The lowest BCUT2D eigenvalue weighted by atomic mass is 9.97. The molecule has 0 spiro atoms. The van der Waals surface area contributed by atoms with Gasteiger partial charge in [-0.25, -0.2) is 4.79 Å². The summed E-state index contributed by atoms with van der Waals surface area (Å²) in [4.78, 5) is 12.1. The quantitative estimate of drug-likeness (QED) is 0.653. The zero-order valence-electron chi connectivity index (χ0n) is 12.8. The Morgan fingerprint density at radius 1 is 1.43 bits per heavy atom. The van der Waals surface area contributed by atoms with Crippen LogP contribution in [0.15, 0.2) is 12.1 Å². The van der Waals surface area contributed by atoms with E-state index in [0.29, 0.717) is 46.4 Å². The van der Waals surface area contributed by atoms with Crippen molar-refractivity contribution < 1.29 is 9.53 Å². The molecule has 0 heterocycles. The Kier molecular flexibility index (Phi) is 4.99. The van der Waals surface area contributed by atoms with E-state index in [2.05, 4.69) is 19.2 Å². The van der Waals surface area contributed by atoms with E-state index in [0.717, 1.165) is 6.42 Å². The van der Waals surface area contributed by atoms with Crippen LogP contribution < -0.4 is 11.1 Å². The Hall–Kier alpha value is -1.42. The number of carbonyl (C=O) groups excluding carboxylic acids is 1. The van der Waals surface area contributed by atoms with Crippen LogP contribution >= 0.6 is 11.6 Å². The lowest BCUT2D eigenvalue weighted by Crippen LogP contribution is -2.25. The normalized spacial score (nSPS) is 24.9. The number of nitrogens with two attached hydrogens (primary N) is 1. The van der Waals surface area contributed by atoms with Gasteiger partial charge in [0.05, 0.1) is 22.9 Å². The van der Waals surface area contributed by atoms with Crippen LogP contribution in [0.5, 0.6) is 0 Å². The monoisotopic (exact) mass is 310 g/mol. The second-order valence-corrected chi connectivity index (χ2v) is 6.22. The van der Waals surface area contributed by atoms with Crippen LogP contribution in [0.2, 0.25) is 5.02 Å². The maximum Gasteiger partial charge on any atom is 0.340 e. The van der Waals surface area contributed by atoms with Gasteiger partial charge in [0.1, 0.15) is 0 Å². The molecule has 0 radical (unpaired) electrons. The number of nitrogen functional groups attached to an aromatic ring is 1. The first kappa shape index (κ1) is 16.0. The first-order valence-electron chi connectivity index (χ1n) is 7.46. The van der Waals surface area contributed by atoms with E-state index in [1.54, 1.807) is 19.1 Å². The molecular formula is C16H23ClN2O2. The van der Waals surface area contributed by atoms with Crippen LogP contribution in [0.3, 0.4) is 0 Å². The lowest BCUT2D eigenvalue weighted by molar-refractivity contribution is 0.0527. The summed E-state index contributed by atoms with van der Waals surface area (Å²) in [5.41, 5.74) is 7.30. The minimum absolute atomic E-state index is 0.314. The highest BCUT2D eigenvalue weighted by atomic mass is 35.5. The number of benzene rings is 1. The molecule has 0 aromatic heterocycles. The molecule has 3 N–H and O–H groups in total. The maximum absolute atomic E-state index is 12.1. The lowest BCUT2D eigenvalue weighted by Gasteiger charge is -2.23. The van der Waals surface area contributed by atoms with E-state index in [4.69, 9.17) is 22.1 Å². The average Bonchev–Trinajstić information content (AvgIpc) is 2.73. The van der Waals surface area contributed by atoms with Gasteiger partial charge in [-0.2, -0.15) is 0 Å². The van der Waals surface area contributed by atoms with Crippen molar-refractivity contribution in [3.8, 4) is 0 Å². The Labute approximate surface area is 131 Å². The summed E-state index contributed by atoms with van der Waals surface area (Å²) >= 11 is 6.29. The molecule has 3 atom stereocenters. The second-order valence-electron chi connectivity index (χ2n) is 5.81. The first-order chi connectivity index (χ1) is 9.93. The van der Waals surface area contributed by atoms with Gasteiger partial charge in [0.2, 0.25) is 0 Å². The number of hydrogen-bond donors (Lipinski definition) is 2. The average molecular weight is 311 g/mol. The fraction of sp³-hybridized carbons (Fsp3) is 0.562. The summed E-state index contributed by atoms with van der Waals surface area (Å²) in [5.74, 6) is 0.808. The molecule has 21 heavy (non-hydrogen) atoms. The number of carbonyl (C=O) groups is 1. The minimum Gasteiger partial charge on any atom is -0.462 e. The number of ether oxygens (including phenoxy) is 1. The number of esters is 1. The van der Waals surface area contributed by atoms with Crippen molar-refractivity contribution in [2.24, 2.45) is 11.8 Å². The van der Waals surface area contributed by atoms with E-state index in [9.17, 15) is 4.79 Å². The van der Waals surface area contributed by atoms with Gasteiger partial charge in [-0.3, -0.25) is 0 Å². The molecule has 4 nitrogen and oxygen atoms in total. The Balaban J connectivity index is 2.31. The topological polar surface area (TPSA) is 64.3 Å². The van der Waals surface area contributed by atoms with Gasteiger partial charge in [-0.1, -0.05) is 25.4 Å². The van der Waals surface area contributed by atoms with Crippen molar-refractivity contribution in [3.63, 3.8) is 0 Å². The number of hydrogen-bond acceptors (Lipinski definition) is 4. The SMILES string of the molecule is CCOC(=O)c1cc(N)cc(Cl)c1NC1CCC(C)C1C. The highest BCUT2D eigenvalue weighted by Gasteiger charge is 2.31. The molecule has 3 unspecified atom stereocenters. The highest BCUT2D eigenvalue weighted by molar-refractivity contribution is 6.34. The molecule has 0 bridgehead atoms. The van der Waals surface area contributed by atoms with E-state index >= 15 is 0 Å². The fourth-order valence-corrected chi connectivity index (χ4v) is 3.18. The fourth-order valence-electron chi connectivity index (χ4n) is 2.90. The number of nitrogens with one attached hydrogen (secondary N) is 1. The van der Waals surface area contributed by atoms with Gasteiger partial charge in [0.25, 0.3) is 0 Å². The second kappa shape index (κ2) is 6.56. The van der Waals surface area contributed by atoms with Crippen molar-refractivity contribution in [3.05, 3.63) is 22.7 Å². The zero-order valence-corrected chi connectivity index (χ0v) is 13.5. The van der Waals surface area contributed by atoms with Crippen molar-refractivity contribution in [1.29, 1.82) is 0 Å². The standard InChI is InChI=1S/C16H23ClN2O2/c1-4-21-16(20)12-7-11(18)8-13(17)15(12)19-14-6-5-9(2)10(14)3/h7-10,14,19H,4-6,18H2,1-3H3. The smallest absolute Gasteiger partial charge is 0.340 e. The van der Waals surface area contributed by atoms with E-state index in [-0.39, 0.29) is 0 Å². The summed E-state index contributed by atoms with van der Waals surface area (Å²) in [6, 6.07) is 3.60. The summed E-state index contributed by atoms with van der Waals surface area (Å²) in [6.07, 6.45) is 2.26. The molecule has 0 amide bonds. The van der Waals surface area contributed by atoms with E-state index in [1.807, 2.05) is 0 Å². The van der Waals surface area contributed by atoms with Crippen LogP contribution in [0, 0.1) is 11.8 Å². The van der Waals surface area contributed by atoms with Gasteiger partial charge < -0.3 is 15.8 Å². The molecular weight excluding hydrogens is 288 g/mol. The van der Waals surface area contributed by atoms with Gasteiger partial charge in [0.15, 0.2) is 0 Å². The highest BCUT2D eigenvalue weighted by Crippen LogP contribution is 2.37. The Bertz CT molecular complexity index is 533. The first-order valence-corrected chi connectivity index (χ1v) is 7.84. The zero-order chi connectivity index (χ0) is 15.6. The van der Waals surface area contributed by atoms with Crippen LogP contribution in [-0.4, -0.2) is 18.6 Å². The third kappa shape index (κ3) is 3.43. The van der Waals surface area contributed by atoms with Gasteiger partial charge >= 0.3 is 5.97 Å². The van der Waals surface area contributed by atoms with Crippen LogP contribution in [0.25, 0.3) is 0 Å². The summed E-state index contributed by atoms with van der Waals surface area (Å²) < 4.78 is 5.10. The molecule has 1 fully saturated rings. The van der Waals surface area contributed by atoms with Crippen LogP contribution in [-0.2, 0) is 4.74 Å². The molecule has 2 rings (SSSR count). The molecule has 1 aliphatic carbocycles. The van der Waals surface area contributed by atoms with E-state index in [1.165, 1.54) is 6.42 Å². The summed E-state index contributed by atoms with van der Waals surface area (Å²) in [5, 5.41) is 3.90. The molecule has 0 saturated heterocycles. The third-order valence-corrected chi connectivity index (χ3v) is 4.70. The maximum atomic E-state index is 12.1. The molecule has 1 aliphatic rings. The van der Waals surface area contributed by atoms with Crippen LogP contribution in [0.4, 0.5) is 11.4 Å². The summed E-state index contributed by atoms with van der Waals surface area (Å²) in [6.45, 7) is 6.58. The van der Waals surface area contributed by atoms with Gasteiger partial charge in [-0.15, -0.1) is 0 Å². The number of anilines is 2. The van der Waals surface area contributed by atoms with Crippen molar-refractivity contribution >= 4 is 28.9 Å². The molecule has 5 heteroatoms. The largest absolute Gasteiger partial charge is 0.462 e. The predicted octanol–water partition coefficient (Wildman–Crippen LogP) is 3.95. The van der Waals surface area contributed by atoms with Crippen molar-refractivity contribution in [2.75, 3.05) is 17.7 Å². The van der Waals surface area contributed by atoms with Gasteiger partial charge in [-0.05, 0) is 43.7 Å². The Morgan fingerprint density at radius 3 is 2.71 bits per heavy atom. The Morgan fingerprint density at radius 2 is 2.14 bits per heavy atom.